The molecule has 4 nitrogen and oxygen atoms in total. The second-order valence-corrected chi connectivity index (χ2v) is 5.90. The molecule has 1 aliphatic rings. The smallest absolute Gasteiger partial charge is 0.262 e. The molecule has 124 valence electrons. The number of hydrogen-bond donors (Lipinski definition) is 0. The van der Waals surface area contributed by atoms with E-state index in [9.17, 15) is 4.79 Å². The Morgan fingerprint density at radius 2 is 1.71 bits per heavy atom. The number of carbonyl (C=O) groups is 1. The van der Waals surface area contributed by atoms with Crippen molar-refractivity contribution < 1.29 is 14.3 Å². The average molecular weight is 323 g/mol. The van der Waals surface area contributed by atoms with E-state index in [-0.39, 0.29) is 11.9 Å². The lowest BCUT2D eigenvalue weighted by molar-refractivity contribution is -0.152. The number of anilines is 1. The Morgan fingerprint density at radius 3 is 2.29 bits per heavy atom. The molecule has 3 rings (SSSR count). The van der Waals surface area contributed by atoms with Gasteiger partial charge < -0.3 is 9.47 Å². The van der Waals surface area contributed by atoms with Gasteiger partial charge in [0.25, 0.3) is 5.91 Å². The zero-order valence-electron chi connectivity index (χ0n) is 14.1. The molecule has 4 heteroatoms. The lowest BCUT2D eigenvalue weighted by Crippen LogP contribution is -2.73. The standard InChI is InChI=1S/C20H21NO3/c1-20(24-3)18(14-9-15-7-5-4-6-8-15)21(19(20)22)16-10-12-17(23-2)13-11-16/h4-14,18H,1-3H3/b14-9+/t18?,20-/m0/s1. The predicted molar refractivity (Wildman–Crippen MR) is 95.2 cm³/mol. The summed E-state index contributed by atoms with van der Waals surface area (Å²) in [6.07, 6.45) is 4.04. The van der Waals surface area contributed by atoms with Gasteiger partial charge in [0.2, 0.25) is 0 Å². The summed E-state index contributed by atoms with van der Waals surface area (Å²) in [5.74, 6) is 0.718. The lowest BCUT2D eigenvalue weighted by Gasteiger charge is -2.52. The molecule has 0 aromatic heterocycles. The molecule has 2 aromatic rings. The Hall–Kier alpha value is -2.59. The number of methoxy groups -OCH3 is 2. The fourth-order valence-corrected chi connectivity index (χ4v) is 2.94. The molecule has 2 aromatic carbocycles. The van der Waals surface area contributed by atoms with Gasteiger partial charge in [-0.2, -0.15) is 0 Å². The number of carbonyl (C=O) groups excluding carboxylic acids is 1. The molecule has 0 N–H and O–H groups in total. The van der Waals surface area contributed by atoms with Crippen molar-refractivity contribution in [2.75, 3.05) is 19.1 Å². The number of rotatable bonds is 5. The van der Waals surface area contributed by atoms with Crippen LogP contribution in [0.1, 0.15) is 12.5 Å². The van der Waals surface area contributed by atoms with E-state index in [0.29, 0.717) is 0 Å². The van der Waals surface area contributed by atoms with E-state index in [0.717, 1.165) is 17.0 Å². The zero-order valence-corrected chi connectivity index (χ0v) is 14.1. The molecule has 0 aliphatic carbocycles. The Morgan fingerprint density at radius 1 is 1.04 bits per heavy atom. The fourth-order valence-electron chi connectivity index (χ4n) is 2.94. The topological polar surface area (TPSA) is 38.8 Å². The predicted octanol–water partition coefficient (Wildman–Crippen LogP) is 3.53. The van der Waals surface area contributed by atoms with Gasteiger partial charge in [-0.05, 0) is 36.8 Å². The highest BCUT2D eigenvalue weighted by Crippen LogP contribution is 2.39. The van der Waals surface area contributed by atoms with Gasteiger partial charge in [0.05, 0.1) is 13.2 Å². The molecule has 0 bridgehead atoms. The zero-order chi connectivity index (χ0) is 17.2. The Labute approximate surface area is 142 Å². The highest BCUT2D eigenvalue weighted by molar-refractivity contribution is 6.09. The quantitative estimate of drug-likeness (QED) is 0.790. The number of β-lactam (4-membered cyclic amide) rings is 1. The van der Waals surface area contributed by atoms with Gasteiger partial charge in [-0.1, -0.05) is 42.5 Å². The summed E-state index contributed by atoms with van der Waals surface area (Å²) < 4.78 is 10.7. The third kappa shape index (κ3) is 2.69. The van der Waals surface area contributed by atoms with Gasteiger partial charge in [0.15, 0.2) is 5.60 Å². The molecule has 24 heavy (non-hydrogen) atoms. The minimum Gasteiger partial charge on any atom is -0.497 e. The van der Waals surface area contributed by atoms with Crippen LogP contribution in [0.2, 0.25) is 0 Å². The molecule has 0 saturated carbocycles. The molecule has 2 atom stereocenters. The van der Waals surface area contributed by atoms with Crippen molar-refractivity contribution in [2.24, 2.45) is 0 Å². The maximum Gasteiger partial charge on any atom is 0.262 e. The number of benzene rings is 2. The third-order valence-electron chi connectivity index (χ3n) is 4.53. The van der Waals surface area contributed by atoms with E-state index < -0.39 is 5.60 Å². The van der Waals surface area contributed by atoms with Crippen molar-refractivity contribution in [3.63, 3.8) is 0 Å². The summed E-state index contributed by atoms with van der Waals surface area (Å²) in [5.41, 5.74) is 1.08. The van der Waals surface area contributed by atoms with Crippen molar-refractivity contribution in [1.82, 2.24) is 0 Å². The number of amides is 1. The van der Waals surface area contributed by atoms with Crippen LogP contribution in [-0.2, 0) is 9.53 Å². The van der Waals surface area contributed by atoms with E-state index in [1.54, 1.807) is 19.1 Å². The molecular formula is C20H21NO3. The van der Waals surface area contributed by atoms with Gasteiger partial charge in [-0.25, -0.2) is 0 Å². The first kappa shape index (κ1) is 16.3. The monoisotopic (exact) mass is 323 g/mol. The number of nitrogens with zero attached hydrogens (tertiary/aromatic N) is 1. The van der Waals surface area contributed by atoms with Crippen molar-refractivity contribution in [3.8, 4) is 5.75 Å². The normalized spacial score (nSPS) is 23.4. The Bertz CT molecular complexity index is 739. The maximum absolute atomic E-state index is 12.6. The minimum absolute atomic E-state index is 0.0436. The highest BCUT2D eigenvalue weighted by Gasteiger charge is 2.57. The van der Waals surface area contributed by atoms with Crippen LogP contribution in [0.3, 0.4) is 0 Å². The van der Waals surface area contributed by atoms with Crippen molar-refractivity contribution in [3.05, 3.63) is 66.2 Å². The maximum atomic E-state index is 12.6. The van der Waals surface area contributed by atoms with E-state index in [4.69, 9.17) is 9.47 Å². The summed E-state index contributed by atoms with van der Waals surface area (Å²) in [6.45, 7) is 1.83. The van der Waals surface area contributed by atoms with Crippen LogP contribution in [0, 0.1) is 0 Å². The molecule has 1 saturated heterocycles. The molecule has 1 amide bonds. The van der Waals surface area contributed by atoms with Gasteiger partial charge in [-0.15, -0.1) is 0 Å². The summed E-state index contributed by atoms with van der Waals surface area (Å²) in [7, 11) is 3.20. The van der Waals surface area contributed by atoms with Crippen LogP contribution in [-0.4, -0.2) is 31.8 Å². The summed E-state index contributed by atoms with van der Waals surface area (Å²) in [4.78, 5) is 14.4. The van der Waals surface area contributed by atoms with Crippen molar-refractivity contribution >= 4 is 17.7 Å². The lowest BCUT2D eigenvalue weighted by atomic mass is 9.82. The summed E-state index contributed by atoms with van der Waals surface area (Å²) in [6, 6.07) is 17.3. The van der Waals surface area contributed by atoms with E-state index in [2.05, 4.69) is 0 Å². The molecule has 1 fully saturated rings. The summed E-state index contributed by atoms with van der Waals surface area (Å²) >= 11 is 0. The Balaban J connectivity index is 1.89. The first-order chi connectivity index (χ1) is 11.6. The van der Waals surface area contributed by atoms with Gasteiger partial charge in [-0.3, -0.25) is 9.69 Å². The number of hydrogen-bond acceptors (Lipinski definition) is 3. The van der Waals surface area contributed by atoms with Crippen LogP contribution in [0.5, 0.6) is 5.75 Å². The minimum atomic E-state index is -0.842. The number of ether oxygens (including phenoxy) is 2. The van der Waals surface area contributed by atoms with Gasteiger partial charge in [0.1, 0.15) is 5.75 Å². The second-order valence-electron chi connectivity index (χ2n) is 5.90. The largest absolute Gasteiger partial charge is 0.497 e. The average Bonchev–Trinajstić information content (AvgIpc) is 2.65. The molecule has 1 heterocycles. The van der Waals surface area contributed by atoms with E-state index in [1.807, 2.05) is 73.7 Å². The molecule has 0 radical (unpaired) electrons. The van der Waals surface area contributed by atoms with Crippen molar-refractivity contribution in [1.29, 1.82) is 0 Å². The molecule has 1 unspecified atom stereocenters. The first-order valence-electron chi connectivity index (χ1n) is 7.86. The van der Waals surface area contributed by atoms with Crippen LogP contribution in [0.25, 0.3) is 6.08 Å². The summed E-state index contributed by atoms with van der Waals surface area (Å²) in [5, 5.41) is 0. The van der Waals surface area contributed by atoms with Gasteiger partial charge >= 0.3 is 0 Å². The van der Waals surface area contributed by atoms with E-state index >= 15 is 0 Å². The van der Waals surface area contributed by atoms with Crippen LogP contribution in [0.4, 0.5) is 5.69 Å². The SMILES string of the molecule is COc1ccc(N2C(=O)[C@@](C)(OC)C2/C=C/c2ccccc2)cc1. The van der Waals surface area contributed by atoms with Crippen LogP contribution >= 0.6 is 0 Å². The van der Waals surface area contributed by atoms with Gasteiger partial charge in [0, 0.05) is 12.8 Å². The third-order valence-corrected chi connectivity index (χ3v) is 4.53. The molecular weight excluding hydrogens is 302 g/mol. The molecule has 1 aliphatic heterocycles. The van der Waals surface area contributed by atoms with Crippen LogP contribution < -0.4 is 9.64 Å². The highest BCUT2D eigenvalue weighted by atomic mass is 16.5. The van der Waals surface area contributed by atoms with Crippen molar-refractivity contribution in [2.45, 2.75) is 18.6 Å². The molecule has 0 spiro atoms. The van der Waals surface area contributed by atoms with Crippen LogP contribution in [0.15, 0.2) is 60.7 Å². The van der Waals surface area contributed by atoms with E-state index in [1.165, 1.54) is 0 Å². The fraction of sp³-hybridized carbons (Fsp3) is 0.250. The Kier molecular flexibility index (Phi) is 4.40. The first-order valence-corrected chi connectivity index (χ1v) is 7.86. The second kappa shape index (κ2) is 6.49.